The summed E-state index contributed by atoms with van der Waals surface area (Å²) < 4.78 is 12.0. The first-order valence-corrected chi connectivity index (χ1v) is 12.0. The number of para-hydroxylation sites is 1. The Morgan fingerprint density at radius 1 is 1.31 bits per heavy atom. The molecule has 5 N–H and O–H groups in total. The average molecular weight is 483 g/mol. The Bertz CT molecular complexity index is 1050. The van der Waals surface area contributed by atoms with Crippen molar-refractivity contribution in [1.29, 1.82) is 0 Å². The van der Waals surface area contributed by atoms with Gasteiger partial charge in [0.2, 0.25) is 0 Å². The fourth-order valence-corrected chi connectivity index (χ4v) is 4.14. The highest BCUT2D eigenvalue weighted by Crippen LogP contribution is 2.38. The van der Waals surface area contributed by atoms with E-state index in [1.807, 2.05) is 37.3 Å². The number of aliphatic carboxylic acids is 1. The molecule has 2 aromatic rings. The molecule has 0 amide bonds. The molecule has 35 heavy (non-hydrogen) atoms. The summed E-state index contributed by atoms with van der Waals surface area (Å²) in [7, 11) is 0. The molecule has 3 rings (SSSR count). The van der Waals surface area contributed by atoms with E-state index in [-0.39, 0.29) is 6.61 Å². The molecule has 1 aliphatic heterocycles. The summed E-state index contributed by atoms with van der Waals surface area (Å²) in [5, 5.41) is 11.4. The second kappa shape index (κ2) is 11.6. The van der Waals surface area contributed by atoms with Crippen molar-refractivity contribution in [3.8, 4) is 5.75 Å². The molecule has 1 unspecified atom stereocenters. The SMILES string of the molecule is CCN(N)/C=C(\N)COC(c1ccc(C)c(CN2CCOc3ccccc3C2)c1)C(C)(C)C(=O)O. The third kappa shape index (κ3) is 6.75. The quantitative estimate of drug-likeness (QED) is 0.348. The van der Waals surface area contributed by atoms with Crippen molar-refractivity contribution in [2.75, 3.05) is 26.3 Å². The predicted molar refractivity (Wildman–Crippen MR) is 136 cm³/mol. The van der Waals surface area contributed by atoms with Gasteiger partial charge in [-0.1, -0.05) is 36.4 Å². The van der Waals surface area contributed by atoms with Crippen molar-refractivity contribution in [1.82, 2.24) is 9.91 Å². The second-order valence-corrected chi connectivity index (χ2v) is 9.61. The van der Waals surface area contributed by atoms with Crippen molar-refractivity contribution >= 4 is 5.97 Å². The molecule has 0 aromatic heterocycles. The summed E-state index contributed by atoms with van der Waals surface area (Å²) in [6.07, 6.45) is 0.900. The minimum absolute atomic E-state index is 0.0680. The summed E-state index contributed by atoms with van der Waals surface area (Å²) in [5.41, 5.74) is 9.56. The molecule has 8 heteroatoms. The van der Waals surface area contributed by atoms with Crippen LogP contribution < -0.4 is 16.3 Å². The number of hydrazine groups is 1. The van der Waals surface area contributed by atoms with E-state index in [0.717, 1.165) is 47.6 Å². The zero-order valence-electron chi connectivity index (χ0n) is 21.2. The van der Waals surface area contributed by atoms with Crippen LogP contribution in [0.2, 0.25) is 0 Å². The molecule has 2 aromatic carbocycles. The maximum absolute atomic E-state index is 12.2. The van der Waals surface area contributed by atoms with E-state index in [1.54, 1.807) is 20.0 Å². The largest absolute Gasteiger partial charge is 0.492 e. The fraction of sp³-hybridized carbons (Fsp3) is 0.444. The van der Waals surface area contributed by atoms with Crippen LogP contribution in [0.25, 0.3) is 0 Å². The third-order valence-corrected chi connectivity index (χ3v) is 6.42. The number of carboxylic acids is 1. The number of nitrogens with zero attached hydrogens (tertiary/aromatic N) is 2. The maximum atomic E-state index is 12.2. The van der Waals surface area contributed by atoms with Crippen LogP contribution in [0.1, 0.15) is 49.1 Å². The average Bonchev–Trinajstić information content (AvgIpc) is 3.02. The predicted octanol–water partition coefficient (Wildman–Crippen LogP) is 3.55. The first-order chi connectivity index (χ1) is 16.6. The highest BCUT2D eigenvalue weighted by molar-refractivity contribution is 5.74. The number of benzene rings is 2. The van der Waals surface area contributed by atoms with Crippen molar-refractivity contribution < 1.29 is 19.4 Å². The maximum Gasteiger partial charge on any atom is 0.312 e. The van der Waals surface area contributed by atoms with Crippen LogP contribution >= 0.6 is 0 Å². The lowest BCUT2D eigenvalue weighted by molar-refractivity contribution is -0.156. The molecule has 0 spiro atoms. The summed E-state index contributed by atoms with van der Waals surface area (Å²) >= 11 is 0. The highest BCUT2D eigenvalue weighted by atomic mass is 16.5. The Morgan fingerprint density at radius 2 is 2.06 bits per heavy atom. The lowest BCUT2D eigenvalue weighted by atomic mass is 9.81. The third-order valence-electron chi connectivity index (χ3n) is 6.42. The van der Waals surface area contributed by atoms with Gasteiger partial charge in [0.05, 0.1) is 23.8 Å². The van der Waals surface area contributed by atoms with Crippen molar-refractivity contribution in [3.05, 3.63) is 76.6 Å². The lowest BCUT2D eigenvalue weighted by Crippen LogP contribution is -2.34. The van der Waals surface area contributed by atoms with Gasteiger partial charge in [0, 0.05) is 37.9 Å². The van der Waals surface area contributed by atoms with E-state index < -0.39 is 17.5 Å². The smallest absolute Gasteiger partial charge is 0.312 e. The highest BCUT2D eigenvalue weighted by Gasteiger charge is 2.39. The molecule has 0 saturated heterocycles. The Balaban J connectivity index is 1.85. The monoisotopic (exact) mass is 482 g/mol. The molecule has 190 valence electrons. The molecule has 0 saturated carbocycles. The molecular formula is C27H38N4O4. The zero-order chi connectivity index (χ0) is 25.6. The van der Waals surface area contributed by atoms with Gasteiger partial charge in [-0.15, -0.1) is 0 Å². The van der Waals surface area contributed by atoms with Gasteiger partial charge in [0.15, 0.2) is 0 Å². The van der Waals surface area contributed by atoms with E-state index in [9.17, 15) is 9.90 Å². The van der Waals surface area contributed by atoms with Crippen LogP contribution in [0.15, 0.2) is 54.4 Å². The van der Waals surface area contributed by atoms with Gasteiger partial charge in [-0.05, 0) is 50.5 Å². The van der Waals surface area contributed by atoms with Crippen molar-refractivity contribution in [2.24, 2.45) is 17.0 Å². The fourth-order valence-electron chi connectivity index (χ4n) is 4.14. The lowest BCUT2D eigenvalue weighted by Gasteiger charge is -2.32. The minimum Gasteiger partial charge on any atom is -0.492 e. The topological polar surface area (TPSA) is 114 Å². The zero-order valence-corrected chi connectivity index (χ0v) is 21.2. The Kier molecular flexibility index (Phi) is 8.77. The standard InChI is InChI=1S/C27H38N4O4/c1-5-31(29)17-23(28)18-35-25(27(3,4)26(32)33)20-11-10-19(2)22(14-20)16-30-12-13-34-24-9-7-6-8-21(24)15-30/h6-11,14,17,25H,5,12-13,15-16,18,28-29H2,1-4H3,(H,32,33)/b23-17-. The van der Waals surface area contributed by atoms with E-state index in [0.29, 0.717) is 18.8 Å². The Hall–Kier alpha value is -3.07. The van der Waals surface area contributed by atoms with E-state index in [1.165, 1.54) is 5.01 Å². The normalized spacial score (nSPS) is 15.6. The molecule has 8 nitrogen and oxygen atoms in total. The van der Waals surface area contributed by atoms with Crippen LogP contribution in [0.3, 0.4) is 0 Å². The van der Waals surface area contributed by atoms with Crippen molar-refractivity contribution in [3.63, 3.8) is 0 Å². The molecule has 1 aliphatic rings. The number of fused-ring (bicyclic) bond motifs is 1. The Labute approximate surface area is 208 Å². The van der Waals surface area contributed by atoms with E-state index in [4.69, 9.17) is 21.1 Å². The number of hydrogen-bond acceptors (Lipinski definition) is 7. The molecule has 0 radical (unpaired) electrons. The van der Waals surface area contributed by atoms with Gasteiger partial charge in [0.1, 0.15) is 12.4 Å². The summed E-state index contributed by atoms with van der Waals surface area (Å²) in [6, 6.07) is 14.1. The van der Waals surface area contributed by atoms with Gasteiger partial charge >= 0.3 is 5.97 Å². The van der Waals surface area contributed by atoms with Crippen LogP contribution in [-0.4, -0.2) is 47.3 Å². The molecule has 0 aliphatic carbocycles. The summed E-state index contributed by atoms with van der Waals surface area (Å²) in [6.45, 7) is 10.9. The molecule has 0 bridgehead atoms. The summed E-state index contributed by atoms with van der Waals surface area (Å²) in [4.78, 5) is 14.5. The second-order valence-electron chi connectivity index (χ2n) is 9.61. The number of aryl methyl sites for hydroxylation is 1. The van der Waals surface area contributed by atoms with Crippen LogP contribution in [0.4, 0.5) is 0 Å². The van der Waals surface area contributed by atoms with Crippen LogP contribution in [0, 0.1) is 12.3 Å². The first kappa shape index (κ1) is 26.5. The number of rotatable bonds is 10. The van der Waals surface area contributed by atoms with Gasteiger partial charge < -0.3 is 25.3 Å². The number of carboxylic acid groups (broad SMARTS) is 1. The number of carbonyl (C=O) groups is 1. The van der Waals surface area contributed by atoms with Gasteiger partial charge in [-0.3, -0.25) is 9.69 Å². The molecular weight excluding hydrogens is 444 g/mol. The van der Waals surface area contributed by atoms with Crippen LogP contribution in [-0.2, 0) is 22.6 Å². The minimum atomic E-state index is -1.17. The first-order valence-electron chi connectivity index (χ1n) is 12.0. The molecule has 1 atom stereocenters. The van der Waals surface area contributed by atoms with Crippen molar-refractivity contribution in [2.45, 2.75) is 46.9 Å². The van der Waals surface area contributed by atoms with Gasteiger partial charge in [0.25, 0.3) is 0 Å². The van der Waals surface area contributed by atoms with E-state index >= 15 is 0 Å². The summed E-state index contributed by atoms with van der Waals surface area (Å²) in [5.74, 6) is 5.80. The molecule has 0 fully saturated rings. The number of ether oxygens (including phenoxy) is 2. The number of nitrogens with two attached hydrogens (primary N) is 2. The van der Waals surface area contributed by atoms with Crippen LogP contribution in [0.5, 0.6) is 5.75 Å². The van der Waals surface area contributed by atoms with E-state index in [2.05, 4.69) is 24.0 Å². The van der Waals surface area contributed by atoms with Gasteiger partial charge in [-0.25, -0.2) is 5.84 Å². The number of hydrogen-bond donors (Lipinski definition) is 3. The Morgan fingerprint density at radius 3 is 2.77 bits per heavy atom. The molecule has 1 heterocycles. The van der Waals surface area contributed by atoms with Gasteiger partial charge in [-0.2, -0.15) is 0 Å².